The summed E-state index contributed by atoms with van der Waals surface area (Å²) in [5.74, 6) is 0.352. The van der Waals surface area contributed by atoms with Crippen LogP contribution < -0.4 is 16.2 Å². The summed E-state index contributed by atoms with van der Waals surface area (Å²) in [4.78, 5) is 43.3. The first kappa shape index (κ1) is 19.3. The van der Waals surface area contributed by atoms with Gasteiger partial charge >= 0.3 is 0 Å². The predicted molar refractivity (Wildman–Crippen MR) is 114 cm³/mol. The maximum atomic E-state index is 13.0. The molecule has 7 nitrogen and oxygen atoms in total. The van der Waals surface area contributed by atoms with E-state index in [4.69, 9.17) is 4.98 Å². The number of hydrogen-bond acceptors (Lipinski definition) is 5. The van der Waals surface area contributed by atoms with Crippen molar-refractivity contribution >= 4 is 39.1 Å². The molecule has 1 aromatic carbocycles. The molecule has 29 heavy (non-hydrogen) atoms. The van der Waals surface area contributed by atoms with Crippen molar-refractivity contribution in [3.8, 4) is 0 Å². The van der Waals surface area contributed by atoms with Gasteiger partial charge in [0.2, 0.25) is 0 Å². The van der Waals surface area contributed by atoms with E-state index in [0.717, 1.165) is 31.5 Å². The van der Waals surface area contributed by atoms with Crippen LogP contribution in [-0.2, 0) is 13.0 Å². The topological polar surface area (TPSA) is 93.1 Å². The molecule has 2 amide bonds. The molecule has 0 unspecified atom stereocenters. The zero-order valence-electron chi connectivity index (χ0n) is 16.4. The van der Waals surface area contributed by atoms with E-state index in [2.05, 4.69) is 10.6 Å². The summed E-state index contributed by atoms with van der Waals surface area (Å²) >= 11 is 1.26. The largest absolute Gasteiger partial charge is 0.355 e. The maximum absolute atomic E-state index is 13.0. The molecule has 0 radical (unpaired) electrons. The van der Waals surface area contributed by atoms with Crippen LogP contribution in [0.25, 0.3) is 10.2 Å². The van der Waals surface area contributed by atoms with Gasteiger partial charge in [-0.25, -0.2) is 4.98 Å². The molecule has 2 N–H and O–H groups in total. The van der Waals surface area contributed by atoms with Gasteiger partial charge in [0.05, 0.1) is 10.3 Å². The van der Waals surface area contributed by atoms with E-state index in [0.29, 0.717) is 38.5 Å². The third-order valence-corrected chi connectivity index (χ3v) is 6.43. The molecule has 0 saturated heterocycles. The van der Waals surface area contributed by atoms with Gasteiger partial charge in [-0.15, -0.1) is 11.3 Å². The van der Waals surface area contributed by atoms with Crippen molar-refractivity contribution in [2.24, 2.45) is 0 Å². The van der Waals surface area contributed by atoms with Gasteiger partial charge in [0.1, 0.15) is 10.7 Å². The smallest absolute Gasteiger partial charge is 0.266 e. The van der Waals surface area contributed by atoms with Gasteiger partial charge in [-0.05, 0) is 49.6 Å². The van der Waals surface area contributed by atoms with Crippen molar-refractivity contribution in [2.75, 3.05) is 12.4 Å². The number of aryl methyl sites for hydroxylation is 2. The van der Waals surface area contributed by atoms with E-state index >= 15 is 0 Å². The highest BCUT2D eigenvalue weighted by atomic mass is 32.1. The van der Waals surface area contributed by atoms with Crippen LogP contribution in [0.3, 0.4) is 0 Å². The first-order valence-electron chi connectivity index (χ1n) is 9.66. The Morgan fingerprint density at radius 1 is 1.10 bits per heavy atom. The minimum absolute atomic E-state index is 0.0466. The normalized spacial score (nSPS) is 13.6. The summed E-state index contributed by atoms with van der Waals surface area (Å²) in [6.07, 6.45) is 3.90. The number of nitrogens with zero attached hydrogens (tertiary/aromatic N) is 2. The van der Waals surface area contributed by atoms with E-state index in [1.807, 2.05) is 0 Å². The lowest BCUT2D eigenvalue weighted by atomic mass is 10.1. The average molecular weight is 410 g/mol. The van der Waals surface area contributed by atoms with E-state index in [1.54, 1.807) is 42.8 Å². The van der Waals surface area contributed by atoms with Crippen molar-refractivity contribution in [2.45, 2.75) is 39.2 Å². The quantitative estimate of drug-likeness (QED) is 0.694. The lowest BCUT2D eigenvalue weighted by Crippen LogP contribution is -2.24. The predicted octanol–water partition coefficient (Wildman–Crippen LogP) is 3.10. The number of aromatic nitrogens is 2. The maximum Gasteiger partial charge on any atom is 0.266 e. The molecule has 3 heterocycles. The number of thiophene rings is 1. The summed E-state index contributed by atoms with van der Waals surface area (Å²) in [6.45, 7) is 2.49. The lowest BCUT2D eigenvalue weighted by Gasteiger charge is -2.08. The van der Waals surface area contributed by atoms with Gasteiger partial charge in [0.15, 0.2) is 0 Å². The number of rotatable bonds is 3. The Labute approximate surface area is 171 Å². The minimum Gasteiger partial charge on any atom is -0.355 e. The van der Waals surface area contributed by atoms with Gasteiger partial charge in [-0.1, -0.05) is 6.42 Å². The van der Waals surface area contributed by atoms with Crippen molar-refractivity contribution in [3.63, 3.8) is 0 Å². The molecule has 0 fully saturated rings. The van der Waals surface area contributed by atoms with Crippen LogP contribution in [-0.4, -0.2) is 28.4 Å². The second-order valence-corrected chi connectivity index (χ2v) is 8.14. The molecule has 0 atom stereocenters. The minimum atomic E-state index is -0.280. The molecule has 2 aromatic heterocycles. The third-order valence-electron chi connectivity index (χ3n) is 5.25. The summed E-state index contributed by atoms with van der Waals surface area (Å²) in [6, 6.07) is 6.66. The van der Waals surface area contributed by atoms with Crippen molar-refractivity contribution < 1.29 is 9.59 Å². The Kier molecular flexibility index (Phi) is 5.19. The van der Waals surface area contributed by atoms with E-state index in [9.17, 15) is 14.4 Å². The number of fused-ring (bicyclic) bond motifs is 2. The fourth-order valence-electron chi connectivity index (χ4n) is 3.66. The fraction of sp³-hybridized carbons (Fsp3) is 0.333. The number of nitrogens with one attached hydrogen (secondary N) is 2. The Morgan fingerprint density at radius 2 is 1.86 bits per heavy atom. The number of carbonyl (C=O) groups is 2. The first-order chi connectivity index (χ1) is 14.0. The highest BCUT2D eigenvalue weighted by Gasteiger charge is 2.22. The molecule has 1 aliphatic heterocycles. The van der Waals surface area contributed by atoms with Gasteiger partial charge in [0.25, 0.3) is 17.4 Å². The van der Waals surface area contributed by atoms with E-state index in [-0.39, 0.29) is 17.4 Å². The van der Waals surface area contributed by atoms with Crippen LogP contribution >= 0.6 is 11.3 Å². The molecule has 0 saturated carbocycles. The molecule has 0 bridgehead atoms. The lowest BCUT2D eigenvalue weighted by molar-refractivity contribution is 0.0962. The van der Waals surface area contributed by atoms with Gasteiger partial charge in [-0.2, -0.15) is 0 Å². The third kappa shape index (κ3) is 3.55. The molecule has 8 heteroatoms. The molecule has 0 spiro atoms. The van der Waals surface area contributed by atoms with Crippen LogP contribution in [0.2, 0.25) is 0 Å². The molecule has 0 aliphatic carbocycles. The molecular weight excluding hydrogens is 388 g/mol. The number of hydrogen-bond donors (Lipinski definition) is 2. The number of anilines is 1. The van der Waals surface area contributed by atoms with Crippen molar-refractivity contribution in [1.29, 1.82) is 0 Å². The Bertz CT molecular complexity index is 1160. The van der Waals surface area contributed by atoms with Crippen LogP contribution in [0.15, 0.2) is 29.1 Å². The summed E-state index contributed by atoms with van der Waals surface area (Å²) in [5.41, 5.74) is 1.72. The molecular formula is C21H22N4O3S. The highest BCUT2D eigenvalue weighted by Crippen LogP contribution is 2.29. The number of benzene rings is 1. The summed E-state index contributed by atoms with van der Waals surface area (Å²) < 4.78 is 1.77. The second kappa shape index (κ2) is 7.79. The van der Waals surface area contributed by atoms with E-state index in [1.165, 1.54) is 11.3 Å². The molecule has 4 rings (SSSR count). The first-order valence-corrected chi connectivity index (χ1v) is 10.5. The van der Waals surface area contributed by atoms with Gasteiger partial charge in [0, 0.05) is 31.3 Å². The summed E-state index contributed by atoms with van der Waals surface area (Å²) in [7, 11) is 1.57. The van der Waals surface area contributed by atoms with Gasteiger partial charge < -0.3 is 10.6 Å². The zero-order valence-corrected chi connectivity index (χ0v) is 17.2. The van der Waals surface area contributed by atoms with Crippen LogP contribution in [0.4, 0.5) is 5.69 Å². The summed E-state index contributed by atoms with van der Waals surface area (Å²) in [5, 5.41) is 5.95. The molecule has 150 valence electrons. The molecule has 1 aliphatic rings. The fourth-order valence-corrected chi connectivity index (χ4v) is 4.75. The number of carbonyl (C=O) groups excluding carboxylic acids is 2. The van der Waals surface area contributed by atoms with Crippen LogP contribution in [0.5, 0.6) is 0 Å². The standard InChI is InChI=1S/C21H22N4O3S/c1-12-16-20(24-15-6-4-3-5-11-25(15)21(16)28)29-17(12)19(27)23-14-9-7-13(8-10-14)18(26)22-2/h7-10H,3-6,11H2,1-2H3,(H,22,26)(H,23,27). The van der Waals surface area contributed by atoms with E-state index < -0.39 is 0 Å². The van der Waals surface area contributed by atoms with Crippen molar-refractivity contribution in [3.05, 3.63) is 56.4 Å². The number of amides is 2. The zero-order chi connectivity index (χ0) is 20.5. The molecule has 3 aromatic rings. The van der Waals surface area contributed by atoms with Crippen molar-refractivity contribution in [1.82, 2.24) is 14.9 Å². The van der Waals surface area contributed by atoms with Crippen LogP contribution in [0, 0.1) is 6.92 Å². The second-order valence-electron chi connectivity index (χ2n) is 7.14. The Hall–Kier alpha value is -3.00. The highest BCUT2D eigenvalue weighted by molar-refractivity contribution is 7.20. The van der Waals surface area contributed by atoms with Gasteiger partial charge in [-0.3, -0.25) is 19.0 Å². The van der Waals surface area contributed by atoms with Crippen LogP contribution in [0.1, 0.15) is 50.7 Å². The Balaban J connectivity index is 1.66. The Morgan fingerprint density at radius 3 is 2.59 bits per heavy atom. The average Bonchev–Trinajstić information content (AvgIpc) is 2.89. The monoisotopic (exact) mass is 410 g/mol. The SMILES string of the molecule is CNC(=O)c1ccc(NC(=O)c2sc3nc4n(c(=O)c3c2C)CCCCC4)cc1.